The van der Waals surface area contributed by atoms with Crippen LogP contribution in [0.1, 0.15) is 36.5 Å². The summed E-state index contributed by atoms with van der Waals surface area (Å²) in [5.41, 5.74) is 2.23. The minimum absolute atomic E-state index is 0.0854. The summed E-state index contributed by atoms with van der Waals surface area (Å²) in [5, 5.41) is 6.17. The summed E-state index contributed by atoms with van der Waals surface area (Å²) in [4.78, 5) is 15.0. The maximum Gasteiger partial charge on any atom is 0.416 e. The van der Waals surface area contributed by atoms with Gasteiger partial charge in [-0.3, -0.25) is 4.79 Å². The van der Waals surface area contributed by atoms with Crippen LogP contribution in [0.3, 0.4) is 0 Å². The highest BCUT2D eigenvalue weighted by molar-refractivity contribution is 5.80. The fourth-order valence-electron chi connectivity index (χ4n) is 3.96. The summed E-state index contributed by atoms with van der Waals surface area (Å²) in [6.45, 7) is 7.61. The van der Waals surface area contributed by atoms with Crippen LogP contribution in [0, 0.1) is 5.92 Å². The Morgan fingerprint density at radius 3 is 2.23 bits per heavy atom. The zero-order valence-corrected chi connectivity index (χ0v) is 17.3. The Morgan fingerprint density at radius 1 is 1.03 bits per heavy atom. The fourth-order valence-corrected chi connectivity index (χ4v) is 3.96. The van der Waals surface area contributed by atoms with E-state index in [1.54, 1.807) is 0 Å². The first-order valence-corrected chi connectivity index (χ1v) is 10.3. The molecule has 0 saturated carbocycles. The van der Waals surface area contributed by atoms with Crippen molar-refractivity contribution < 1.29 is 18.0 Å². The van der Waals surface area contributed by atoms with Crippen molar-refractivity contribution in [1.29, 1.82) is 0 Å². The Kier molecular flexibility index (Phi) is 7.02. The summed E-state index contributed by atoms with van der Waals surface area (Å²) in [7, 11) is 0. The van der Waals surface area contributed by atoms with E-state index in [0.29, 0.717) is 19.6 Å². The first-order valence-electron chi connectivity index (χ1n) is 10.3. The van der Waals surface area contributed by atoms with E-state index in [4.69, 9.17) is 0 Å². The highest BCUT2D eigenvalue weighted by atomic mass is 19.4. The van der Waals surface area contributed by atoms with Crippen molar-refractivity contribution in [3.63, 3.8) is 0 Å². The number of carbonyl (C=O) groups is 1. The number of benzene rings is 2. The molecule has 2 aromatic carbocycles. The minimum atomic E-state index is -4.36. The lowest BCUT2D eigenvalue weighted by molar-refractivity contribution is -0.137. The molecule has 4 nitrogen and oxygen atoms in total. The quantitative estimate of drug-likeness (QED) is 0.708. The molecule has 1 amide bonds. The number of carbonyl (C=O) groups excluding carboxylic acids is 1. The second kappa shape index (κ2) is 9.51. The molecule has 1 aliphatic heterocycles. The zero-order chi connectivity index (χ0) is 21.7. The summed E-state index contributed by atoms with van der Waals surface area (Å²) in [6.07, 6.45) is -4.36. The molecule has 0 unspecified atom stereocenters. The third kappa shape index (κ3) is 5.14. The van der Waals surface area contributed by atoms with Gasteiger partial charge >= 0.3 is 6.18 Å². The van der Waals surface area contributed by atoms with E-state index in [1.807, 2.05) is 12.1 Å². The van der Waals surface area contributed by atoms with Gasteiger partial charge in [-0.15, -0.1) is 0 Å². The van der Waals surface area contributed by atoms with Gasteiger partial charge in [-0.05, 0) is 49.2 Å². The summed E-state index contributed by atoms with van der Waals surface area (Å²) < 4.78 is 38.4. The molecule has 2 aromatic rings. The van der Waals surface area contributed by atoms with Crippen molar-refractivity contribution >= 4 is 11.6 Å². The molecule has 1 heterocycles. The number of amides is 1. The van der Waals surface area contributed by atoms with Gasteiger partial charge in [-0.1, -0.05) is 24.3 Å². The average molecular weight is 419 g/mol. The van der Waals surface area contributed by atoms with Gasteiger partial charge in [-0.2, -0.15) is 13.2 Å². The van der Waals surface area contributed by atoms with Crippen LogP contribution in [0.25, 0.3) is 0 Å². The molecular formula is C23H28F3N3O. The van der Waals surface area contributed by atoms with E-state index in [9.17, 15) is 18.0 Å². The lowest BCUT2D eigenvalue weighted by atomic mass is 9.88. The normalized spacial score (nSPS) is 19.0. The van der Waals surface area contributed by atoms with Crippen molar-refractivity contribution in [2.24, 2.45) is 5.92 Å². The maximum absolute atomic E-state index is 12.8. The van der Waals surface area contributed by atoms with E-state index in [2.05, 4.69) is 41.5 Å². The van der Waals surface area contributed by atoms with Gasteiger partial charge in [0, 0.05) is 44.3 Å². The molecule has 1 fully saturated rings. The number of nitrogens with zero attached hydrogens (tertiary/aromatic N) is 1. The molecule has 0 aliphatic carbocycles. The summed E-state index contributed by atoms with van der Waals surface area (Å²) in [6, 6.07) is 13.2. The fraction of sp³-hybridized carbons (Fsp3) is 0.435. The zero-order valence-electron chi connectivity index (χ0n) is 17.3. The van der Waals surface area contributed by atoms with E-state index in [1.165, 1.54) is 12.1 Å². The van der Waals surface area contributed by atoms with Crippen LogP contribution in [-0.2, 0) is 17.5 Å². The molecule has 162 valence electrons. The second-order valence-electron chi connectivity index (χ2n) is 7.55. The molecular weight excluding hydrogens is 391 g/mol. The van der Waals surface area contributed by atoms with Crippen LogP contribution in [0.4, 0.5) is 18.9 Å². The molecule has 0 spiro atoms. The van der Waals surface area contributed by atoms with Crippen LogP contribution < -0.4 is 15.5 Å². The van der Waals surface area contributed by atoms with Gasteiger partial charge in [0.05, 0.1) is 11.5 Å². The van der Waals surface area contributed by atoms with Gasteiger partial charge in [0.1, 0.15) is 0 Å². The second-order valence-corrected chi connectivity index (χ2v) is 7.55. The van der Waals surface area contributed by atoms with Crippen LogP contribution in [0.5, 0.6) is 0 Å². The Balaban J connectivity index is 1.61. The van der Waals surface area contributed by atoms with E-state index < -0.39 is 11.7 Å². The van der Waals surface area contributed by atoms with E-state index >= 15 is 0 Å². The largest absolute Gasteiger partial charge is 0.416 e. The Hall–Kier alpha value is -2.54. The first-order chi connectivity index (χ1) is 14.3. The summed E-state index contributed by atoms with van der Waals surface area (Å²) >= 11 is 0. The van der Waals surface area contributed by atoms with Gasteiger partial charge in [-0.25, -0.2) is 0 Å². The Bertz CT molecular complexity index is 830. The van der Waals surface area contributed by atoms with Gasteiger partial charge in [0.2, 0.25) is 5.91 Å². The van der Waals surface area contributed by atoms with Crippen LogP contribution in [-0.4, -0.2) is 32.1 Å². The molecule has 0 bridgehead atoms. The smallest absolute Gasteiger partial charge is 0.372 e. The first kappa shape index (κ1) is 22.2. The number of hydrogen-bond acceptors (Lipinski definition) is 3. The van der Waals surface area contributed by atoms with Crippen molar-refractivity contribution in [1.82, 2.24) is 10.6 Å². The van der Waals surface area contributed by atoms with E-state index in [0.717, 1.165) is 42.0 Å². The molecule has 3 rings (SSSR count). The predicted octanol–water partition coefficient (Wildman–Crippen LogP) is 4.17. The number of nitrogens with one attached hydrogen (secondary N) is 2. The van der Waals surface area contributed by atoms with Crippen molar-refractivity contribution in [3.05, 3.63) is 65.2 Å². The Labute approximate surface area is 175 Å². The van der Waals surface area contributed by atoms with Gasteiger partial charge < -0.3 is 15.5 Å². The topological polar surface area (TPSA) is 44.4 Å². The predicted molar refractivity (Wildman–Crippen MR) is 112 cm³/mol. The molecule has 2 N–H and O–H groups in total. The monoisotopic (exact) mass is 419 g/mol. The van der Waals surface area contributed by atoms with Crippen LogP contribution in [0.15, 0.2) is 48.5 Å². The molecule has 0 radical (unpaired) electrons. The SMILES string of the molecule is CCN(CC)c1ccc(CNC(=O)[C@@H]2CNC[C@H]2c2ccc(C(F)(F)F)cc2)cc1. The standard InChI is InChI=1S/C23H28F3N3O/c1-3-29(4-2)19-11-5-16(6-12-19)13-28-22(30)21-15-27-14-20(21)17-7-9-18(10-8-17)23(24,25)26/h5-12,20-21,27H,3-4,13-15H2,1-2H3,(H,28,30)/t20-,21+/m0/s1. The number of rotatable bonds is 7. The number of halogens is 3. The summed E-state index contributed by atoms with van der Waals surface area (Å²) in [5.74, 6) is -0.535. The van der Waals surface area contributed by atoms with Gasteiger partial charge in [0.25, 0.3) is 0 Å². The third-order valence-corrected chi connectivity index (χ3v) is 5.75. The molecule has 1 aliphatic rings. The highest BCUT2D eigenvalue weighted by Crippen LogP contribution is 2.33. The van der Waals surface area contributed by atoms with Crippen LogP contribution >= 0.6 is 0 Å². The molecule has 7 heteroatoms. The van der Waals surface area contributed by atoms with E-state index in [-0.39, 0.29) is 17.7 Å². The number of hydrogen-bond donors (Lipinski definition) is 2. The maximum atomic E-state index is 12.8. The Morgan fingerprint density at radius 2 is 1.67 bits per heavy atom. The lowest BCUT2D eigenvalue weighted by Gasteiger charge is -2.21. The molecule has 2 atom stereocenters. The van der Waals surface area contributed by atoms with Crippen molar-refractivity contribution in [2.75, 3.05) is 31.1 Å². The molecule has 1 saturated heterocycles. The number of alkyl halides is 3. The van der Waals surface area contributed by atoms with Crippen molar-refractivity contribution in [2.45, 2.75) is 32.5 Å². The molecule has 0 aromatic heterocycles. The highest BCUT2D eigenvalue weighted by Gasteiger charge is 2.35. The van der Waals surface area contributed by atoms with Crippen molar-refractivity contribution in [3.8, 4) is 0 Å². The van der Waals surface area contributed by atoms with Crippen LogP contribution in [0.2, 0.25) is 0 Å². The average Bonchev–Trinajstić information content (AvgIpc) is 3.23. The number of anilines is 1. The third-order valence-electron chi connectivity index (χ3n) is 5.75. The lowest BCUT2D eigenvalue weighted by Crippen LogP contribution is -2.34. The van der Waals surface area contributed by atoms with Gasteiger partial charge in [0.15, 0.2) is 0 Å². The minimum Gasteiger partial charge on any atom is -0.372 e. The molecule has 30 heavy (non-hydrogen) atoms.